The summed E-state index contributed by atoms with van der Waals surface area (Å²) in [4.78, 5) is 0. The number of hydrogen-bond donors (Lipinski definition) is 2. The van der Waals surface area contributed by atoms with E-state index in [4.69, 9.17) is 27.8 Å². The molecule has 1 aromatic carbocycles. The molecule has 0 atom stereocenters. The fourth-order valence-electron chi connectivity index (χ4n) is 0.741. The van der Waals surface area contributed by atoms with Crippen LogP contribution in [0, 0.1) is 0 Å². The van der Waals surface area contributed by atoms with Gasteiger partial charge in [-0.15, -0.1) is 12.4 Å². The molecular weight excluding hydrogens is 199 g/mol. The first-order chi connectivity index (χ1) is 5.15. The van der Waals surface area contributed by atoms with E-state index >= 15 is 0 Å². The molecule has 3 nitrogen and oxygen atoms in total. The Labute approximate surface area is 82.0 Å². The molecule has 0 amide bonds. The number of anilines is 2. The van der Waals surface area contributed by atoms with Crippen LogP contribution in [0.5, 0.6) is 5.75 Å². The molecule has 4 N–H and O–H groups in total. The minimum Gasteiger partial charge on any atom is -0.495 e. The highest BCUT2D eigenvalue weighted by Crippen LogP contribution is 2.30. The summed E-state index contributed by atoms with van der Waals surface area (Å²) in [5.74, 6) is 0.540. The minimum absolute atomic E-state index is 0. The summed E-state index contributed by atoms with van der Waals surface area (Å²) in [6.45, 7) is 0. The van der Waals surface area contributed by atoms with Crippen LogP contribution in [0.4, 0.5) is 11.4 Å². The Hall–Kier alpha value is -0.800. The molecule has 0 fully saturated rings. The molecule has 0 radical (unpaired) electrons. The number of rotatable bonds is 1. The Balaban J connectivity index is 0.00000121. The number of nitrogen functional groups attached to an aromatic ring is 2. The van der Waals surface area contributed by atoms with Gasteiger partial charge in [0, 0.05) is 6.07 Å². The average molecular weight is 209 g/mol. The van der Waals surface area contributed by atoms with Gasteiger partial charge >= 0.3 is 0 Å². The molecule has 0 saturated heterocycles. The Bertz CT molecular complexity index is 278. The highest BCUT2D eigenvalue weighted by atomic mass is 35.5. The number of hydrogen-bond acceptors (Lipinski definition) is 3. The molecule has 1 rings (SSSR count). The van der Waals surface area contributed by atoms with Crippen LogP contribution in [0.1, 0.15) is 0 Å². The molecule has 0 bridgehead atoms. The largest absolute Gasteiger partial charge is 0.495 e. The van der Waals surface area contributed by atoms with Crippen LogP contribution in [0.25, 0.3) is 0 Å². The van der Waals surface area contributed by atoms with Crippen molar-refractivity contribution in [1.82, 2.24) is 0 Å². The van der Waals surface area contributed by atoms with Crippen molar-refractivity contribution in [3.05, 3.63) is 17.2 Å². The highest BCUT2D eigenvalue weighted by molar-refractivity contribution is 6.32. The van der Waals surface area contributed by atoms with Crippen LogP contribution in [-0.4, -0.2) is 7.11 Å². The maximum Gasteiger partial charge on any atom is 0.139 e. The van der Waals surface area contributed by atoms with Crippen molar-refractivity contribution in [3.8, 4) is 5.75 Å². The second-order valence-electron chi connectivity index (χ2n) is 2.12. The zero-order valence-electron chi connectivity index (χ0n) is 6.50. The standard InChI is InChI=1S/C7H9ClN2O.ClH/c1-11-7-3-6(10)5(9)2-4(7)8;/h2-3H,9-10H2,1H3;1H. The first-order valence-corrected chi connectivity index (χ1v) is 3.41. The SMILES string of the molecule is COc1cc(N)c(N)cc1Cl.Cl. The predicted octanol–water partition coefficient (Wildman–Crippen LogP) is 1.93. The van der Waals surface area contributed by atoms with Gasteiger partial charge in [-0.3, -0.25) is 0 Å². The first-order valence-electron chi connectivity index (χ1n) is 3.03. The van der Waals surface area contributed by atoms with Gasteiger partial charge in [0.2, 0.25) is 0 Å². The Morgan fingerprint density at radius 2 is 1.75 bits per heavy atom. The monoisotopic (exact) mass is 208 g/mol. The van der Waals surface area contributed by atoms with E-state index < -0.39 is 0 Å². The van der Waals surface area contributed by atoms with Crippen molar-refractivity contribution in [3.63, 3.8) is 0 Å². The Kier molecular flexibility index (Phi) is 4.00. The summed E-state index contributed by atoms with van der Waals surface area (Å²) in [6.07, 6.45) is 0. The van der Waals surface area contributed by atoms with E-state index in [1.807, 2.05) is 0 Å². The topological polar surface area (TPSA) is 61.3 Å². The summed E-state index contributed by atoms with van der Waals surface area (Å²) in [6, 6.07) is 3.16. The molecule has 0 aliphatic rings. The maximum atomic E-state index is 5.74. The zero-order chi connectivity index (χ0) is 8.43. The lowest BCUT2D eigenvalue weighted by Gasteiger charge is -2.05. The molecule has 12 heavy (non-hydrogen) atoms. The van der Waals surface area contributed by atoms with Crippen LogP contribution in [-0.2, 0) is 0 Å². The van der Waals surface area contributed by atoms with Crippen molar-refractivity contribution in [1.29, 1.82) is 0 Å². The van der Waals surface area contributed by atoms with Crippen molar-refractivity contribution >= 4 is 35.4 Å². The molecule has 0 saturated carbocycles. The van der Waals surface area contributed by atoms with E-state index in [-0.39, 0.29) is 12.4 Å². The predicted molar refractivity (Wildman–Crippen MR) is 54.1 cm³/mol. The van der Waals surface area contributed by atoms with Gasteiger partial charge in [-0.2, -0.15) is 0 Å². The normalized spacial score (nSPS) is 8.83. The third kappa shape index (κ3) is 2.09. The summed E-state index contributed by atoms with van der Waals surface area (Å²) < 4.78 is 4.91. The van der Waals surface area contributed by atoms with E-state index in [0.717, 1.165) is 0 Å². The van der Waals surface area contributed by atoms with Gasteiger partial charge in [-0.25, -0.2) is 0 Å². The third-order valence-electron chi connectivity index (χ3n) is 1.36. The van der Waals surface area contributed by atoms with Crippen molar-refractivity contribution < 1.29 is 4.74 Å². The van der Waals surface area contributed by atoms with Gasteiger partial charge in [0.15, 0.2) is 0 Å². The highest BCUT2D eigenvalue weighted by Gasteiger charge is 2.02. The molecule has 0 heterocycles. The second-order valence-corrected chi connectivity index (χ2v) is 2.52. The molecule has 0 unspecified atom stereocenters. The second kappa shape index (κ2) is 4.28. The molecule has 5 heteroatoms. The van der Waals surface area contributed by atoms with Crippen molar-refractivity contribution in [2.45, 2.75) is 0 Å². The molecule has 1 aromatic rings. The van der Waals surface area contributed by atoms with Crippen molar-refractivity contribution in [2.24, 2.45) is 0 Å². The quantitative estimate of drug-likeness (QED) is 0.694. The van der Waals surface area contributed by atoms with Gasteiger partial charge in [0.05, 0.1) is 23.5 Å². The van der Waals surface area contributed by atoms with Crippen LogP contribution in [0.15, 0.2) is 12.1 Å². The molecule has 68 valence electrons. The van der Waals surface area contributed by atoms with Crippen LogP contribution >= 0.6 is 24.0 Å². The van der Waals surface area contributed by atoms with E-state index in [2.05, 4.69) is 0 Å². The fourth-order valence-corrected chi connectivity index (χ4v) is 0.990. The van der Waals surface area contributed by atoms with Crippen LogP contribution in [0.2, 0.25) is 5.02 Å². The number of benzene rings is 1. The van der Waals surface area contributed by atoms with E-state index in [1.165, 1.54) is 7.11 Å². The van der Waals surface area contributed by atoms with Crippen LogP contribution in [0.3, 0.4) is 0 Å². The summed E-state index contributed by atoms with van der Waals surface area (Å²) in [7, 11) is 1.52. The fraction of sp³-hybridized carbons (Fsp3) is 0.143. The summed E-state index contributed by atoms with van der Waals surface area (Å²) in [5.41, 5.74) is 11.9. The van der Waals surface area contributed by atoms with E-state index in [1.54, 1.807) is 12.1 Å². The lowest BCUT2D eigenvalue weighted by Crippen LogP contribution is -1.95. The minimum atomic E-state index is 0. The number of nitrogens with two attached hydrogens (primary N) is 2. The summed E-state index contributed by atoms with van der Waals surface area (Å²) in [5, 5.41) is 0.471. The lowest BCUT2D eigenvalue weighted by atomic mass is 10.2. The smallest absolute Gasteiger partial charge is 0.139 e. The Morgan fingerprint density at radius 1 is 1.25 bits per heavy atom. The van der Waals surface area contributed by atoms with Gasteiger partial charge in [0.1, 0.15) is 5.75 Å². The molecule has 0 spiro atoms. The van der Waals surface area contributed by atoms with E-state index in [9.17, 15) is 0 Å². The molecule has 0 aromatic heterocycles. The lowest BCUT2D eigenvalue weighted by molar-refractivity contribution is 0.415. The van der Waals surface area contributed by atoms with Gasteiger partial charge in [-0.05, 0) is 6.07 Å². The molecule has 0 aliphatic heterocycles. The van der Waals surface area contributed by atoms with E-state index in [0.29, 0.717) is 22.1 Å². The third-order valence-corrected chi connectivity index (χ3v) is 1.65. The number of halogens is 2. The van der Waals surface area contributed by atoms with Gasteiger partial charge in [0.25, 0.3) is 0 Å². The van der Waals surface area contributed by atoms with Crippen LogP contribution < -0.4 is 16.2 Å². The zero-order valence-corrected chi connectivity index (χ0v) is 8.08. The maximum absolute atomic E-state index is 5.74. The first kappa shape index (κ1) is 11.2. The van der Waals surface area contributed by atoms with Gasteiger partial charge < -0.3 is 16.2 Å². The summed E-state index contributed by atoms with van der Waals surface area (Å²) >= 11 is 5.74. The molecular formula is C7H10Cl2N2O. The van der Waals surface area contributed by atoms with Gasteiger partial charge in [-0.1, -0.05) is 11.6 Å². The average Bonchev–Trinajstić information content (AvgIpc) is 1.97. The number of methoxy groups -OCH3 is 1. The van der Waals surface area contributed by atoms with Crippen molar-refractivity contribution in [2.75, 3.05) is 18.6 Å². The Morgan fingerprint density at radius 3 is 2.25 bits per heavy atom. The number of ether oxygens (including phenoxy) is 1. The molecule has 0 aliphatic carbocycles.